The Morgan fingerprint density at radius 3 is 2.90 bits per heavy atom. The normalized spacial score (nSPS) is 22.9. The molecule has 2 atom stereocenters. The molecule has 1 amide bonds. The lowest BCUT2D eigenvalue weighted by atomic mass is 9.92. The fourth-order valence-electron chi connectivity index (χ4n) is 2.64. The SMILES string of the molecule is Cc1sc(C(=O)N2CCC(C)CC2CN)cc1[N+](=O)[O-]. The van der Waals surface area contributed by atoms with E-state index >= 15 is 0 Å². The molecule has 0 bridgehead atoms. The van der Waals surface area contributed by atoms with Gasteiger partial charge in [0.2, 0.25) is 0 Å². The van der Waals surface area contributed by atoms with Gasteiger partial charge in [-0.15, -0.1) is 11.3 Å². The Labute approximate surface area is 121 Å². The first kappa shape index (κ1) is 14.9. The Balaban J connectivity index is 2.22. The van der Waals surface area contributed by atoms with E-state index in [2.05, 4.69) is 6.92 Å². The van der Waals surface area contributed by atoms with E-state index in [1.165, 1.54) is 17.4 Å². The van der Waals surface area contributed by atoms with Gasteiger partial charge in [0.1, 0.15) is 0 Å². The summed E-state index contributed by atoms with van der Waals surface area (Å²) in [6, 6.07) is 1.42. The quantitative estimate of drug-likeness (QED) is 0.684. The average Bonchev–Trinajstić information content (AvgIpc) is 2.80. The van der Waals surface area contributed by atoms with E-state index in [4.69, 9.17) is 5.73 Å². The number of amides is 1. The molecule has 7 heteroatoms. The maximum atomic E-state index is 12.5. The fourth-order valence-corrected chi connectivity index (χ4v) is 3.59. The Bertz CT molecular complexity index is 529. The number of hydrogen-bond acceptors (Lipinski definition) is 5. The highest BCUT2D eigenvalue weighted by Gasteiger charge is 2.31. The molecule has 1 fully saturated rings. The summed E-state index contributed by atoms with van der Waals surface area (Å²) in [6.07, 6.45) is 1.85. The Morgan fingerprint density at radius 2 is 2.35 bits per heavy atom. The van der Waals surface area contributed by atoms with Crippen LogP contribution in [0, 0.1) is 23.0 Å². The lowest BCUT2D eigenvalue weighted by molar-refractivity contribution is -0.385. The number of carbonyl (C=O) groups excluding carboxylic acids is 1. The summed E-state index contributed by atoms with van der Waals surface area (Å²) in [7, 11) is 0. The van der Waals surface area contributed by atoms with Crippen molar-refractivity contribution in [3.63, 3.8) is 0 Å². The molecule has 6 nitrogen and oxygen atoms in total. The molecule has 2 unspecified atom stereocenters. The average molecular weight is 297 g/mol. The highest BCUT2D eigenvalue weighted by Crippen LogP contribution is 2.31. The summed E-state index contributed by atoms with van der Waals surface area (Å²) >= 11 is 1.18. The first-order chi connectivity index (χ1) is 9.43. The summed E-state index contributed by atoms with van der Waals surface area (Å²) in [5.74, 6) is 0.431. The number of hydrogen-bond donors (Lipinski definition) is 1. The van der Waals surface area contributed by atoms with Gasteiger partial charge in [-0.2, -0.15) is 0 Å². The van der Waals surface area contributed by atoms with Crippen LogP contribution in [0.2, 0.25) is 0 Å². The molecule has 0 aliphatic carbocycles. The van der Waals surface area contributed by atoms with E-state index in [1.54, 1.807) is 11.8 Å². The smallest absolute Gasteiger partial charge is 0.283 e. The molecule has 2 N–H and O–H groups in total. The minimum Gasteiger partial charge on any atom is -0.334 e. The van der Waals surface area contributed by atoms with Crippen molar-refractivity contribution < 1.29 is 9.72 Å². The van der Waals surface area contributed by atoms with Gasteiger partial charge in [-0.25, -0.2) is 0 Å². The zero-order chi connectivity index (χ0) is 14.9. The Hall–Kier alpha value is -1.47. The van der Waals surface area contributed by atoms with Crippen molar-refractivity contribution in [2.75, 3.05) is 13.1 Å². The number of piperidine rings is 1. The molecule has 1 aliphatic rings. The van der Waals surface area contributed by atoms with Crippen LogP contribution in [0.4, 0.5) is 5.69 Å². The standard InChI is InChI=1S/C13H19N3O3S/c1-8-3-4-15(10(5-8)7-14)13(17)12-6-11(16(18)19)9(2)20-12/h6,8,10H,3-5,7,14H2,1-2H3. The predicted molar refractivity (Wildman–Crippen MR) is 78.0 cm³/mol. The van der Waals surface area contributed by atoms with Crippen molar-refractivity contribution >= 4 is 22.9 Å². The number of nitro groups is 1. The molecule has 110 valence electrons. The molecule has 2 heterocycles. The van der Waals surface area contributed by atoms with Crippen LogP contribution in [0.5, 0.6) is 0 Å². The number of aryl methyl sites for hydroxylation is 1. The van der Waals surface area contributed by atoms with Crippen LogP contribution in [0.3, 0.4) is 0 Å². The van der Waals surface area contributed by atoms with Crippen molar-refractivity contribution in [2.24, 2.45) is 11.7 Å². The van der Waals surface area contributed by atoms with Crippen LogP contribution in [-0.4, -0.2) is 34.9 Å². The summed E-state index contributed by atoms with van der Waals surface area (Å²) in [5, 5.41) is 10.9. The van der Waals surface area contributed by atoms with E-state index in [1.807, 2.05) is 0 Å². The van der Waals surface area contributed by atoms with Crippen molar-refractivity contribution in [3.05, 3.63) is 25.9 Å². The molecule has 1 aromatic heterocycles. The summed E-state index contributed by atoms with van der Waals surface area (Å²) in [5.41, 5.74) is 5.78. The van der Waals surface area contributed by atoms with Crippen LogP contribution in [0.15, 0.2) is 6.07 Å². The first-order valence-electron chi connectivity index (χ1n) is 6.70. The van der Waals surface area contributed by atoms with Gasteiger partial charge in [-0.1, -0.05) is 6.92 Å². The molecule has 0 aromatic carbocycles. The molecular formula is C13H19N3O3S. The third kappa shape index (κ3) is 2.83. The van der Waals surface area contributed by atoms with E-state index in [0.717, 1.165) is 12.8 Å². The lowest BCUT2D eigenvalue weighted by Crippen LogP contribution is -2.49. The predicted octanol–water partition coefficient (Wildman–Crippen LogP) is 2.16. The maximum Gasteiger partial charge on any atom is 0.283 e. The van der Waals surface area contributed by atoms with Gasteiger partial charge in [0.25, 0.3) is 11.6 Å². The van der Waals surface area contributed by atoms with E-state index in [0.29, 0.717) is 28.8 Å². The van der Waals surface area contributed by atoms with Gasteiger partial charge >= 0.3 is 0 Å². The van der Waals surface area contributed by atoms with E-state index in [9.17, 15) is 14.9 Å². The van der Waals surface area contributed by atoms with Crippen LogP contribution in [-0.2, 0) is 0 Å². The fraction of sp³-hybridized carbons (Fsp3) is 0.615. The summed E-state index contributed by atoms with van der Waals surface area (Å²) in [4.78, 5) is 25.7. The third-order valence-corrected chi connectivity index (χ3v) is 4.84. The molecule has 1 aliphatic heterocycles. The van der Waals surface area contributed by atoms with Gasteiger partial charge in [-0.3, -0.25) is 14.9 Å². The van der Waals surface area contributed by atoms with Crippen LogP contribution < -0.4 is 5.73 Å². The van der Waals surface area contributed by atoms with Crippen LogP contribution >= 0.6 is 11.3 Å². The second-order valence-corrected chi connectivity index (χ2v) is 6.58. The summed E-state index contributed by atoms with van der Waals surface area (Å²) < 4.78 is 0. The van der Waals surface area contributed by atoms with E-state index in [-0.39, 0.29) is 17.6 Å². The maximum absolute atomic E-state index is 12.5. The number of carbonyl (C=O) groups is 1. The number of nitrogens with zero attached hydrogens (tertiary/aromatic N) is 2. The van der Waals surface area contributed by atoms with Crippen molar-refractivity contribution in [2.45, 2.75) is 32.7 Å². The number of thiophene rings is 1. The first-order valence-corrected chi connectivity index (χ1v) is 7.51. The van der Waals surface area contributed by atoms with Crippen LogP contribution in [0.1, 0.15) is 34.3 Å². The van der Waals surface area contributed by atoms with Gasteiger partial charge in [0, 0.05) is 25.2 Å². The van der Waals surface area contributed by atoms with E-state index < -0.39 is 4.92 Å². The second-order valence-electron chi connectivity index (χ2n) is 5.33. The van der Waals surface area contributed by atoms with Crippen molar-refractivity contribution in [1.82, 2.24) is 4.90 Å². The Morgan fingerprint density at radius 1 is 1.65 bits per heavy atom. The number of nitrogens with two attached hydrogens (primary N) is 1. The molecule has 0 radical (unpaired) electrons. The minimum absolute atomic E-state index is 0.0213. The highest BCUT2D eigenvalue weighted by atomic mass is 32.1. The zero-order valence-corrected chi connectivity index (χ0v) is 12.5. The van der Waals surface area contributed by atoms with Crippen molar-refractivity contribution in [3.8, 4) is 0 Å². The lowest BCUT2D eigenvalue weighted by Gasteiger charge is -2.37. The minimum atomic E-state index is -0.443. The largest absolute Gasteiger partial charge is 0.334 e. The zero-order valence-electron chi connectivity index (χ0n) is 11.7. The van der Waals surface area contributed by atoms with Gasteiger partial charge in [0.15, 0.2) is 0 Å². The molecular weight excluding hydrogens is 278 g/mol. The number of likely N-dealkylation sites (tertiary alicyclic amines) is 1. The molecule has 1 saturated heterocycles. The highest BCUT2D eigenvalue weighted by molar-refractivity contribution is 7.14. The molecule has 0 spiro atoms. The van der Waals surface area contributed by atoms with Gasteiger partial charge in [-0.05, 0) is 25.7 Å². The topological polar surface area (TPSA) is 89.5 Å². The second kappa shape index (κ2) is 5.88. The van der Waals surface area contributed by atoms with Gasteiger partial charge in [0.05, 0.1) is 14.7 Å². The molecule has 2 rings (SSSR count). The molecule has 1 aromatic rings. The third-order valence-electron chi connectivity index (χ3n) is 3.81. The monoisotopic (exact) mass is 297 g/mol. The number of rotatable bonds is 3. The molecule has 0 saturated carbocycles. The van der Waals surface area contributed by atoms with Gasteiger partial charge < -0.3 is 10.6 Å². The molecule has 20 heavy (non-hydrogen) atoms. The summed E-state index contributed by atoms with van der Waals surface area (Å²) in [6.45, 7) is 4.93. The Kier molecular flexibility index (Phi) is 4.39. The van der Waals surface area contributed by atoms with Crippen molar-refractivity contribution in [1.29, 1.82) is 0 Å². The van der Waals surface area contributed by atoms with Crippen LogP contribution in [0.25, 0.3) is 0 Å².